The maximum Gasteiger partial charge on any atom is 0.495 e. The molecule has 1 aromatic carbocycles. The van der Waals surface area contributed by atoms with E-state index in [1.54, 1.807) is 6.07 Å². The van der Waals surface area contributed by atoms with E-state index >= 15 is 0 Å². The predicted octanol–water partition coefficient (Wildman–Crippen LogP) is 3.00. The van der Waals surface area contributed by atoms with Crippen molar-refractivity contribution in [3.63, 3.8) is 0 Å². The van der Waals surface area contributed by atoms with Gasteiger partial charge in [0.1, 0.15) is 5.82 Å². The monoisotopic (exact) mass is 264 g/mol. The smallest absolute Gasteiger partial charge is 0.399 e. The first-order valence-electron chi connectivity index (χ1n) is 6.82. The fraction of sp³-hybridized carbons (Fsp3) is 0.600. The second-order valence-corrected chi connectivity index (χ2v) is 6.22. The predicted molar refractivity (Wildman–Crippen MR) is 76.2 cm³/mol. The van der Waals surface area contributed by atoms with Gasteiger partial charge in [0.05, 0.1) is 11.2 Å². The third-order valence-electron chi connectivity index (χ3n) is 4.41. The molecular formula is C15H22BFO2. The number of aryl methyl sites for hydroxylation is 1. The summed E-state index contributed by atoms with van der Waals surface area (Å²) in [5.74, 6) is -0.229. The molecule has 2 rings (SSSR count). The van der Waals surface area contributed by atoms with Crippen molar-refractivity contribution in [2.24, 2.45) is 0 Å². The summed E-state index contributed by atoms with van der Waals surface area (Å²) in [6.45, 7) is 12.0. The number of benzene rings is 1. The molecule has 1 aliphatic rings. The second kappa shape index (κ2) is 4.60. The topological polar surface area (TPSA) is 18.5 Å². The molecule has 0 aromatic heterocycles. The fourth-order valence-corrected chi connectivity index (χ4v) is 2.34. The molecule has 0 amide bonds. The minimum Gasteiger partial charge on any atom is -0.399 e. The summed E-state index contributed by atoms with van der Waals surface area (Å²) in [6.07, 6.45) is 0.802. The minimum absolute atomic E-state index is 0.229. The second-order valence-electron chi connectivity index (χ2n) is 6.22. The first-order valence-corrected chi connectivity index (χ1v) is 6.82. The van der Waals surface area contributed by atoms with Crippen molar-refractivity contribution in [2.45, 2.75) is 59.2 Å². The zero-order chi connectivity index (χ0) is 14.4. The largest absolute Gasteiger partial charge is 0.495 e. The van der Waals surface area contributed by atoms with E-state index in [1.807, 2.05) is 41.5 Å². The van der Waals surface area contributed by atoms with Gasteiger partial charge in [0.2, 0.25) is 0 Å². The maximum atomic E-state index is 13.7. The Hall–Kier alpha value is -0.865. The van der Waals surface area contributed by atoms with Gasteiger partial charge in [-0.3, -0.25) is 0 Å². The average Bonchev–Trinajstić information content (AvgIpc) is 2.50. The van der Waals surface area contributed by atoms with E-state index in [0.29, 0.717) is 0 Å². The summed E-state index contributed by atoms with van der Waals surface area (Å²) in [4.78, 5) is 0. The maximum absolute atomic E-state index is 13.7. The Morgan fingerprint density at radius 3 is 2.11 bits per heavy atom. The van der Waals surface area contributed by atoms with Crippen molar-refractivity contribution in [2.75, 3.05) is 0 Å². The van der Waals surface area contributed by atoms with Crippen LogP contribution in [-0.4, -0.2) is 18.3 Å². The van der Waals surface area contributed by atoms with Crippen LogP contribution in [0.25, 0.3) is 0 Å². The molecule has 0 radical (unpaired) electrons. The molecule has 0 unspecified atom stereocenters. The van der Waals surface area contributed by atoms with Crippen LogP contribution < -0.4 is 5.46 Å². The molecule has 0 spiro atoms. The van der Waals surface area contributed by atoms with Crippen molar-refractivity contribution in [1.82, 2.24) is 0 Å². The van der Waals surface area contributed by atoms with E-state index in [9.17, 15) is 4.39 Å². The molecule has 1 heterocycles. The van der Waals surface area contributed by atoms with Crippen LogP contribution in [0.4, 0.5) is 4.39 Å². The van der Waals surface area contributed by atoms with Gasteiger partial charge in [-0.05, 0) is 69.8 Å². The summed E-state index contributed by atoms with van der Waals surface area (Å²) < 4.78 is 25.7. The van der Waals surface area contributed by atoms with E-state index in [0.717, 1.165) is 23.0 Å². The van der Waals surface area contributed by atoms with Crippen LogP contribution >= 0.6 is 0 Å². The Bertz CT molecular complexity index is 481. The molecule has 19 heavy (non-hydrogen) atoms. The molecule has 0 N–H and O–H groups in total. The van der Waals surface area contributed by atoms with Crippen molar-refractivity contribution >= 4 is 12.6 Å². The van der Waals surface area contributed by atoms with Crippen LogP contribution in [0.5, 0.6) is 0 Å². The van der Waals surface area contributed by atoms with Crippen LogP contribution in [0.3, 0.4) is 0 Å². The summed E-state index contributed by atoms with van der Waals surface area (Å²) in [5.41, 5.74) is 2.06. The first kappa shape index (κ1) is 14.5. The highest BCUT2D eigenvalue weighted by molar-refractivity contribution is 6.62. The van der Waals surface area contributed by atoms with Crippen molar-refractivity contribution in [3.05, 3.63) is 29.1 Å². The molecule has 1 aromatic rings. The molecule has 4 heteroatoms. The fourth-order valence-electron chi connectivity index (χ4n) is 2.34. The molecule has 0 atom stereocenters. The minimum atomic E-state index is -0.494. The lowest BCUT2D eigenvalue weighted by Crippen LogP contribution is -2.41. The summed E-state index contributed by atoms with van der Waals surface area (Å²) in [6, 6.07) is 3.11. The number of halogens is 1. The molecule has 0 aliphatic carbocycles. The third kappa shape index (κ3) is 2.44. The van der Waals surface area contributed by atoms with Crippen LogP contribution in [0.15, 0.2) is 12.1 Å². The van der Waals surface area contributed by atoms with Gasteiger partial charge in [-0.1, -0.05) is 6.92 Å². The van der Waals surface area contributed by atoms with Gasteiger partial charge in [-0.15, -0.1) is 0 Å². The van der Waals surface area contributed by atoms with Crippen LogP contribution in [-0.2, 0) is 15.7 Å². The van der Waals surface area contributed by atoms with Gasteiger partial charge >= 0.3 is 7.12 Å². The Morgan fingerprint density at radius 2 is 1.63 bits per heavy atom. The summed E-state index contributed by atoms with van der Waals surface area (Å²) in [7, 11) is -0.494. The standard InChI is InChI=1S/C15H22BFO2/c1-7-11-8-12(17)9-13(10(11)2)16-18-14(3,4)15(5,6)19-16/h8-9H,7H2,1-6H3. The molecule has 1 aliphatic heterocycles. The Labute approximate surface area is 115 Å². The van der Waals surface area contributed by atoms with Gasteiger partial charge in [-0.2, -0.15) is 0 Å². The van der Waals surface area contributed by atoms with E-state index in [1.165, 1.54) is 6.07 Å². The highest BCUT2D eigenvalue weighted by atomic mass is 19.1. The van der Waals surface area contributed by atoms with E-state index in [2.05, 4.69) is 0 Å². The molecule has 1 fully saturated rings. The van der Waals surface area contributed by atoms with Gasteiger partial charge < -0.3 is 9.31 Å². The number of hydrogen-bond acceptors (Lipinski definition) is 2. The normalized spacial score (nSPS) is 20.9. The van der Waals surface area contributed by atoms with Gasteiger partial charge in [0.25, 0.3) is 0 Å². The SMILES string of the molecule is CCc1cc(F)cc(B2OC(C)(C)C(C)(C)O2)c1C. The Kier molecular flexibility index (Phi) is 3.52. The molecular weight excluding hydrogens is 242 g/mol. The van der Waals surface area contributed by atoms with Crippen molar-refractivity contribution < 1.29 is 13.7 Å². The molecule has 104 valence electrons. The lowest BCUT2D eigenvalue weighted by Gasteiger charge is -2.32. The highest BCUT2D eigenvalue weighted by Gasteiger charge is 2.52. The van der Waals surface area contributed by atoms with Crippen molar-refractivity contribution in [1.29, 1.82) is 0 Å². The Balaban J connectivity index is 2.42. The highest BCUT2D eigenvalue weighted by Crippen LogP contribution is 2.36. The lowest BCUT2D eigenvalue weighted by atomic mass is 9.74. The van der Waals surface area contributed by atoms with E-state index in [-0.39, 0.29) is 5.82 Å². The molecule has 1 saturated heterocycles. The Morgan fingerprint density at radius 1 is 1.11 bits per heavy atom. The number of rotatable bonds is 2. The molecule has 0 saturated carbocycles. The summed E-state index contributed by atoms with van der Waals surface area (Å²) >= 11 is 0. The lowest BCUT2D eigenvalue weighted by molar-refractivity contribution is 0.00578. The molecule has 2 nitrogen and oxygen atoms in total. The number of hydrogen-bond donors (Lipinski definition) is 0. The van der Waals surface area contributed by atoms with Crippen LogP contribution in [0.1, 0.15) is 45.7 Å². The van der Waals surface area contributed by atoms with Crippen molar-refractivity contribution in [3.8, 4) is 0 Å². The van der Waals surface area contributed by atoms with E-state index in [4.69, 9.17) is 9.31 Å². The van der Waals surface area contributed by atoms with Crippen LogP contribution in [0, 0.1) is 12.7 Å². The molecule has 0 bridgehead atoms. The quantitative estimate of drug-likeness (QED) is 0.764. The van der Waals surface area contributed by atoms with Crippen LogP contribution in [0.2, 0.25) is 0 Å². The van der Waals surface area contributed by atoms with E-state index < -0.39 is 18.3 Å². The van der Waals surface area contributed by atoms with Gasteiger partial charge in [-0.25, -0.2) is 4.39 Å². The van der Waals surface area contributed by atoms with Gasteiger partial charge in [0.15, 0.2) is 0 Å². The average molecular weight is 264 g/mol. The zero-order valence-electron chi connectivity index (χ0n) is 12.6. The summed E-state index contributed by atoms with van der Waals surface area (Å²) in [5, 5.41) is 0. The zero-order valence-corrected chi connectivity index (χ0v) is 12.6. The van der Waals surface area contributed by atoms with Gasteiger partial charge in [0, 0.05) is 0 Å². The first-order chi connectivity index (χ1) is 8.68. The third-order valence-corrected chi connectivity index (χ3v) is 4.41.